The van der Waals surface area contributed by atoms with Crippen molar-refractivity contribution in [1.29, 1.82) is 0 Å². The Balaban J connectivity index is 1.40. The molecule has 2 aromatic carbocycles. The normalized spacial score (nSPS) is 20.5. The predicted octanol–water partition coefficient (Wildman–Crippen LogP) is 6.17. The van der Waals surface area contributed by atoms with Crippen molar-refractivity contribution in [2.24, 2.45) is 0 Å². The monoisotopic (exact) mass is 500 g/mol. The van der Waals surface area contributed by atoms with Crippen molar-refractivity contribution in [2.45, 2.75) is 83.2 Å². The van der Waals surface area contributed by atoms with Crippen molar-refractivity contribution in [1.82, 2.24) is 9.55 Å². The lowest BCUT2D eigenvalue weighted by molar-refractivity contribution is -0.117. The van der Waals surface area contributed by atoms with Crippen LogP contribution < -0.4 is 9.80 Å². The lowest BCUT2D eigenvalue weighted by atomic mass is 9.94. The summed E-state index contributed by atoms with van der Waals surface area (Å²) in [5.74, 6) is 1.30. The first-order valence-corrected chi connectivity index (χ1v) is 13.8. The van der Waals surface area contributed by atoms with Crippen molar-refractivity contribution in [3.63, 3.8) is 0 Å². The van der Waals surface area contributed by atoms with Crippen LogP contribution in [0.5, 0.6) is 0 Å². The number of benzene rings is 2. The third-order valence-corrected chi connectivity index (χ3v) is 8.52. The van der Waals surface area contributed by atoms with E-state index in [0.29, 0.717) is 12.5 Å². The van der Waals surface area contributed by atoms with Crippen LogP contribution in [0.1, 0.15) is 81.3 Å². The van der Waals surface area contributed by atoms with Crippen LogP contribution in [0.15, 0.2) is 36.4 Å². The lowest BCUT2D eigenvalue weighted by Crippen LogP contribution is -2.42. The number of anilines is 2. The van der Waals surface area contributed by atoms with Gasteiger partial charge in [0, 0.05) is 42.7 Å². The molecule has 194 valence electrons. The fourth-order valence-corrected chi connectivity index (χ4v) is 6.59. The number of rotatable bonds is 4. The molecule has 37 heavy (non-hydrogen) atoms. The van der Waals surface area contributed by atoms with Crippen molar-refractivity contribution < 1.29 is 14.3 Å². The summed E-state index contributed by atoms with van der Waals surface area (Å²) in [6.07, 6.45) is 9.96. The topological polar surface area (TPSA) is 67.7 Å². The molecule has 2 amide bonds. The first-order chi connectivity index (χ1) is 18.0. The lowest BCUT2D eigenvalue weighted by Gasteiger charge is -2.34. The van der Waals surface area contributed by atoms with E-state index >= 15 is 0 Å². The van der Waals surface area contributed by atoms with Gasteiger partial charge in [0.15, 0.2) is 0 Å². The molecular formula is C30H36N4O3. The van der Waals surface area contributed by atoms with Crippen LogP contribution in [-0.2, 0) is 22.4 Å². The summed E-state index contributed by atoms with van der Waals surface area (Å²) in [6, 6.07) is 13.2. The number of fused-ring (bicyclic) bond motifs is 3. The van der Waals surface area contributed by atoms with Gasteiger partial charge in [0.2, 0.25) is 5.91 Å². The Kier molecular flexibility index (Phi) is 6.39. The van der Waals surface area contributed by atoms with E-state index in [1.807, 2.05) is 4.90 Å². The van der Waals surface area contributed by atoms with Crippen LogP contribution in [0.4, 0.5) is 16.2 Å². The summed E-state index contributed by atoms with van der Waals surface area (Å²) in [4.78, 5) is 33.8. The predicted molar refractivity (Wildman–Crippen MR) is 145 cm³/mol. The molecule has 3 heterocycles. The molecule has 1 aliphatic carbocycles. The molecule has 3 aromatic rings. The van der Waals surface area contributed by atoms with Gasteiger partial charge in [-0.15, -0.1) is 0 Å². The maximum Gasteiger partial charge on any atom is 0.414 e. The third-order valence-electron chi connectivity index (χ3n) is 8.52. The Morgan fingerprint density at radius 3 is 2.49 bits per heavy atom. The molecule has 0 radical (unpaired) electrons. The van der Waals surface area contributed by atoms with E-state index in [1.54, 1.807) is 4.90 Å². The zero-order chi connectivity index (χ0) is 25.5. The minimum absolute atomic E-state index is 0.0957. The zero-order valence-corrected chi connectivity index (χ0v) is 21.9. The molecule has 0 unspecified atom stereocenters. The van der Waals surface area contributed by atoms with Gasteiger partial charge in [-0.1, -0.05) is 31.4 Å². The molecule has 2 aliphatic heterocycles. The van der Waals surface area contributed by atoms with Gasteiger partial charge in [0.25, 0.3) is 0 Å². The molecule has 1 saturated heterocycles. The van der Waals surface area contributed by atoms with Crippen LogP contribution in [0, 0.1) is 0 Å². The minimum Gasteiger partial charge on any atom is -0.452 e. The minimum atomic E-state index is -0.309. The van der Waals surface area contributed by atoms with Gasteiger partial charge in [-0.3, -0.25) is 9.69 Å². The highest BCUT2D eigenvalue weighted by atomic mass is 16.5. The van der Waals surface area contributed by atoms with Crippen molar-refractivity contribution in [3.8, 4) is 0 Å². The largest absolute Gasteiger partial charge is 0.452 e. The second kappa shape index (κ2) is 9.84. The van der Waals surface area contributed by atoms with Gasteiger partial charge in [-0.2, -0.15) is 0 Å². The molecule has 1 saturated carbocycles. The maximum atomic E-state index is 12.6. The summed E-state index contributed by atoms with van der Waals surface area (Å²) in [6.45, 7) is 2.89. The Labute approximate surface area is 218 Å². The molecule has 0 bridgehead atoms. The van der Waals surface area contributed by atoms with Crippen LogP contribution in [-0.4, -0.2) is 41.2 Å². The maximum absolute atomic E-state index is 12.6. The molecule has 3 aliphatic rings. The quantitative estimate of drug-likeness (QED) is 0.430. The SMILES string of the molecule is COC(=O)N1c2ccc3c(nc(Cc4ccc(N5CCCC5=O)cc4)n3C3CCCCC3)c2CC[C@@H]1C. The van der Waals surface area contributed by atoms with E-state index in [1.165, 1.54) is 50.3 Å². The van der Waals surface area contributed by atoms with Crippen molar-refractivity contribution in [2.75, 3.05) is 23.5 Å². The number of amides is 2. The standard InChI is InChI=1S/C30H36N4O3/c1-20-10-15-24-25(33(20)30(36)37-2)16-17-26-29(24)31-27(34(26)23-7-4-3-5-8-23)19-21-11-13-22(14-12-21)32-18-6-9-28(32)35/h11-14,16-17,20,23H,3-10,15,18-19H2,1-2H3/t20-/m0/s1. The first kappa shape index (κ1) is 24.0. The van der Waals surface area contributed by atoms with Crippen LogP contribution in [0.3, 0.4) is 0 Å². The van der Waals surface area contributed by atoms with E-state index in [0.717, 1.165) is 60.5 Å². The van der Waals surface area contributed by atoms with E-state index in [9.17, 15) is 9.59 Å². The number of carbonyl (C=O) groups excluding carboxylic acids is 2. The number of hydrogen-bond acceptors (Lipinski definition) is 4. The summed E-state index contributed by atoms with van der Waals surface area (Å²) < 4.78 is 7.62. The number of methoxy groups -OCH3 is 1. The number of nitrogens with zero attached hydrogens (tertiary/aromatic N) is 4. The molecule has 1 atom stereocenters. The van der Waals surface area contributed by atoms with Crippen LogP contribution in [0.25, 0.3) is 11.0 Å². The second-order valence-electron chi connectivity index (χ2n) is 10.8. The third kappa shape index (κ3) is 4.28. The Morgan fingerprint density at radius 2 is 1.78 bits per heavy atom. The molecule has 0 N–H and O–H groups in total. The summed E-state index contributed by atoms with van der Waals surface area (Å²) in [5.41, 5.74) is 6.47. The van der Waals surface area contributed by atoms with E-state index < -0.39 is 0 Å². The Hall–Kier alpha value is -3.35. The van der Waals surface area contributed by atoms with E-state index in [-0.39, 0.29) is 18.0 Å². The van der Waals surface area contributed by atoms with Gasteiger partial charge in [0.05, 0.1) is 23.8 Å². The molecule has 0 spiro atoms. The molecule has 6 rings (SSSR count). The molecule has 2 fully saturated rings. The average Bonchev–Trinajstić information content (AvgIpc) is 3.52. The molecule has 7 heteroatoms. The average molecular weight is 501 g/mol. The Morgan fingerprint density at radius 1 is 1.00 bits per heavy atom. The molecule has 1 aromatic heterocycles. The van der Waals surface area contributed by atoms with E-state index in [4.69, 9.17) is 9.72 Å². The van der Waals surface area contributed by atoms with Gasteiger partial charge < -0.3 is 14.2 Å². The summed E-state index contributed by atoms with van der Waals surface area (Å²) in [5, 5.41) is 0. The van der Waals surface area contributed by atoms with Gasteiger partial charge in [-0.25, -0.2) is 9.78 Å². The number of ether oxygens (including phenoxy) is 1. The fourth-order valence-electron chi connectivity index (χ4n) is 6.59. The Bertz CT molecular complexity index is 1320. The number of aromatic nitrogens is 2. The van der Waals surface area contributed by atoms with Gasteiger partial charge in [0.1, 0.15) is 5.82 Å². The number of hydrogen-bond donors (Lipinski definition) is 0. The second-order valence-corrected chi connectivity index (χ2v) is 10.8. The smallest absolute Gasteiger partial charge is 0.414 e. The summed E-state index contributed by atoms with van der Waals surface area (Å²) in [7, 11) is 1.45. The molecule has 7 nitrogen and oxygen atoms in total. The number of aryl methyl sites for hydroxylation is 1. The van der Waals surface area contributed by atoms with Crippen molar-refractivity contribution >= 4 is 34.4 Å². The van der Waals surface area contributed by atoms with E-state index in [2.05, 4.69) is 47.9 Å². The van der Waals surface area contributed by atoms with Gasteiger partial charge in [-0.05, 0) is 68.9 Å². The number of imidazole rings is 1. The highest BCUT2D eigenvalue weighted by Gasteiger charge is 2.32. The fraction of sp³-hybridized carbons (Fsp3) is 0.500. The molecular weight excluding hydrogens is 464 g/mol. The van der Waals surface area contributed by atoms with Crippen molar-refractivity contribution in [3.05, 3.63) is 53.3 Å². The highest BCUT2D eigenvalue weighted by Crippen LogP contribution is 2.40. The van der Waals surface area contributed by atoms with Crippen LogP contribution >= 0.6 is 0 Å². The van der Waals surface area contributed by atoms with Gasteiger partial charge >= 0.3 is 6.09 Å². The summed E-state index contributed by atoms with van der Waals surface area (Å²) >= 11 is 0. The zero-order valence-electron chi connectivity index (χ0n) is 21.9. The highest BCUT2D eigenvalue weighted by molar-refractivity contribution is 5.96. The number of carbonyl (C=O) groups is 2. The first-order valence-electron chi connectivity index (χ1n) is 13.8. The van der Waals surface area contributed by atoms with Crippen LogP contribution in [0.2, 0.25) is 0 Å².